The van der Waals surface area contributed by atoms with E-state index in [-0.39, 0.29) is 5.54 Å². The van der Waals surface area contributed by atoms with Gasteiger partial charge in [0.2, 0.25) is 17.8 Å². The molecule has 0 spiro atoms. The first-order valence-corrected chi connectivity index (χ1v) is 6.33. The van der Waals surface area contributed by atoms with E-state index in [1.807, 2.05) is 25.9 Å². The highest BCUT2D eigenvalue weighted by Crippen LogP contribution is 2.17. The normalized spacial score (nSPS) is 11.2. The van der Waals surface area contributed by atoms with Crippen LogP contribution in [-0.2, 0) is 0 Å². The van der Waals surface area contributed by atoms with Gasteiger partial charge in [-0.15, -0.1) is 0 Å². The molecular weight excluding hydrogens is 228 g/mol. The van der Waals surface area contributed by atoms with Gasteiger partial charge in [0.05, 0.1) is 0 Å². The largest absolute Gasteiger partial charge is 0.354 e. The van der Waals surface area contributed by atoms with Crippen molar-refractivity contribution < 1.29 is 0 Å². The lowest BCUT2D eigenvalue weighted by atomic mass is 10.0. The van der Waals surface area contributed by atoms with Crippen LogP contribution >= 0.6 is 0 Å². The molecular formula is C12H24N6. The van der Waals surface area contributed by atoms with Crippen LogP contribution in [0.15, 0.2) is 0 Å². The highest BCUT2D eigenvalue weighted by molar-refractivity contribution is 5.43. The average molecular weight is 252 g/mol. The van der Waals surface area contributed by atoms with Crippen LogP contribution in [0.25, 0.3) is 0 Å². The number of anilines is 3. The van der Waals surface area contributed by atoms with E-state index >= 15 is 0 Å². The first-order chi connectivity index (χ1) is 8.38. The minimum Gasteiger partial charge on any atom is -0.354 e. The zero-order chi connectivity index (χ0) is 13.8. The third-order valence-corrected chi connectivity index (χ3v) is 2.69. The molecule has 0 saturated heterocycles. The maximum atomic E-state index is 4.40. The molecule has 2 N–H and O–H groups in total. The summed E-state index contributed by atoms with van der Waals surface area (Å²) in [6.45, 7) is 9.18. The maximum absolute atomic E-state index is 4.40. The molecule has 0 aliphatic rings. The van der Waals surface area contributed by atoms with Crippen LogP contribution < -0.4 is 15.5 Å². The van der Waals surface area contributed by atoms with Gasteiger partial charge in [0.1, 0.15) is 0 Å². The quantitative estimate of drug-likeness (QED) is 0.807. The van der Waals surface area contributed by atoms with Crippen molar-refractivity contribution in [2.45, 2.75) is 39.7 Å². The molecule has 0 amide bonds. The Balaban J connectivity index is 3.03. The highest BCUT2D eigenvalue weighted by atomic mass is 15.3. The smallest absolute Gasteiger partial charge is 0.231 e. The van der Waals surface area contributed by atoms with Gasteiger partial charge in [-0.25, -0.2) is 0 Å². The molecule has 6 heteroatoms. The molecule has 102 valence electrons. The van der Waals surface area contributed by atoms with E-state index in [1.165, 1.54) is 0 Å². The second-order valence-corrected chi connectivity index (χ2v) is 5.07. The number of aromatic nitrogens is 3. The monoisotopic (exact) mass is 252 g/mol. The molecule has 1 heterocycles. The van der Waals surface area contributed by atoms with Gasteiger partial charge in [-0.2, -0.15) is 15.0 Å². The molecule has 0 aliphatic carbocycles. The molecule has 0 unspecified atom stereocenters. The summed E-state index contributed by atoms with van der Waals surface area (Å²) in [5.74, 6) is 1.86. The van der Waals surface area contributed by atoms with E-state index in [1.54, 1.807) is 0 Å². The van der Waals surface area contributed by atoms with Crippen LogP contribution in [0.4, 0.5) is 17.8 Å². The number of nitrogens with zero attached hydrogens (tertiary/aromatic N) is 4. The molecule has 0 aromatic carbocycles. The molecule has 1 aromatic heterocycles. The lowest BCUT2D eigenvalue weighted by Crippen LogP contribution is -2.31. The summed E-state index contributed by atoms with van der Waals surface area (Å²) in [5.41, 5.74) is -0.0333. The van der Waals surface area contributed by atoms with E-state index in [9.17, 15) is 0 Å². The van der Waals surface area contributed by atoms with Crippen molar-refractivity contribution >= 4 is 17.8 Å². The SMILES string of the molecule is CCNc1nc(NC(C)(C)CC)nc(N(C)C)n1. The minimum atomic E-state index is -0.0333. The summed E-state index contributed by atoms with van der Waals surface area (Å²) < 4.78 is 0. The Morgan fingerprint density at radius 2 is 1.67 bits per heavy atom. The number of nitrogens with one attached hydrogen (secondary N) is 2. The van der Waals surface area contributed by atoms with Crippen LogP contribution in [0.5, 0.6) is 0 Å². The van der Waals surface area contributed by atoms with Gasteiger partial charge >= 0.3 is 0 Å². The van der Waals surface area contributed by atoms with Crippen molar-refractivity contribution in [2.75, 3.05) is 36.2 Å². The van der Waals surface area contributed by atoms with Gasteiger partial charge < -0.3 is 15.5 Å². The molecule has 0 saturated carbocycles. The van der Waals surface area contributed by atoms with Crippen molar-refractivity contribution in [1.82, 2.24) is 15.0 Å². The van der Waals surface area contributed by atoms with Crippen LogP contribution in [0, 0.1) is 0 Å². The molecule has 0 aliphatic heterocycles. The Morgan fingerprint density at radius 3 is 2.17 bits per heavy atom. The second kappa shape index (κ2) is 5.84. The Hall–Kier alpha value is -1.59. The molecule has 1 aromatic rings. The lowest BCUT2D eigenvalue weighted by Gasteiger charge is -2.25. The van der Waals surface area contributed by atoms with Crippen LogP contribution in [0.2, 0.25) is 0 Å². The molecule has 0 fully saturated rings. The predicted molar refractivity (Wildman–Crippen MR) is 76.3 cm³/mol. The van der Waals surface area contributed by atoms with Crippen molar-refractivity contribution in [2.24, 2.45) is 0 Å². The molecule has 6 nitrogen and oxygen atoms in total. The number of rotatable bonds is 6. The first-order valence-electron chi connectivity index (χ1n) is 6.33. The fourth-order valence-electron chi connectivity index (χ4n) is 1.25. The van der Waals surface area contributed by atoms with E-state index in [0.717, 1.165) is 13.0 Å². The first kappa shape index (κ1) is 14.5. The van der Waals surface area contributed by atoms with Crippen molar-refractivity contribution in [3.05, 3.63) is 0 Å². The third kappa shape index (κ3) is 4.01. The number of hydrogen-bond acceptors (Lipinski definition) is 6. The fraction of sp³-hybridized carbons (Fsp3) is 0.750. The van der Waals surface area contributed by atoms with Gasteiger partial charge in [0, 0.05) is 26.2 Å². The van der Waals surface area contributed by atoms with Crippen molar-refractivity contribution in [1.29, 1.82) is 0 Å². The molecule has 18 heavy (non-hydrogen) atoms. The number of hydrogen-bond donors (Lipinski definition) is 2. The standard InChI is InChI=1S/C12H24N6/c1-7-12(3,4)17-10-14-9(13-8-2)15-11(16-10)18(5)6/h7-8H2,1-6H3,(H2,13,14,15,16,17). The Kier molecular flexibility index (Phi) is 4.69. The van der Waals surface area contributed by atoms with E-state index in [4.69, 9.17) is 0 Å². The lowest BCUT2D eigenvalue weighted by molar-refractivity contribution is 0.541. The summed E-state index contributed by atoms with van der Waals surface area (Å²) in [4.78, 5) is 15.0. The minimum absolute atomic E-state index is 0.0333. The average Bonchev–Trinajstić information content (AvgIpc) is 2.28. The Bertz CT molecular complexity index is 388. The summed E-state index contributed by atoms with van der Waals surface area (Å²) in [6, 6.07) is 0. The Labute approximate surface area is 109 Å². The molecule has 0 atom stereocenters. The topological polar surface area (TPSA) is 66.0 Å². The van der Waals surface area contributed by atoms with Gasteiger partial charge in [0.15, 0.2) is 0 Å². The van der Waals surface area contributed by atoms with Gasteiger partial charge in [-0.05, 0) is 27.2 Å². The zero-order valence-electron chi connectivity index (χ0n) is 12.2. The summed E-state index contributed by atoms with van der Waals surface area (Å²) >= 11 is 0. The third-order valence-electron chi connectivity index (χ3n) is 2.69. The molecule has 0 radical (unpaired) electrons. The van der Waals surface area contributed by atoms with E-state index in [0.29, 0.717) is 17.8 Å². The van der Waals surface area contributed by atoms with Crippen LogP contribution in [0.1, 0.15) is 34.1 Å². The molecule has 1 rings (SSSR count). The molecule has 0 bridgehead atoms. The predicted octanol–water partition coefficient (Wildman–Crippen LogP) is 1.97. The summed E-state index contributed by atoms with van der Waals surface area (Å²) in [6.07, 6.45) is 0.993. The Morgan fingerprint density at radius 1 is 1.06 bits per heavy atom. The fourth-order valence-corrected chi connectivity index (χ4v) is 1.25. The van der Waals surface area contributed by atoms with Gasteiger partial charge in [0.25, 0.3) is 0 Å². The van der Waals surface area contributed by atoms with Gasteiger partial charge in [-0.1, -0.05) is 6.92 Å². The van der Waals surface area contributed by atoms with E-state index < -0.39 is 0 Å². The van der Waals surface area contributed by atoms with Crippen molar-refractivity contribution in [3.63, 3.8) is 0 Å². The zero-order valence-corrected chi connectivity index (χ0v) is 12.2. The maximum Gasteiger partial charge on any atom is 0.231 e. The highest BCUT2D eigenvalue weighted by Gasteiger charge is 2.17. The van der Waals surface area contributed by atoms with Crippen LogP contribution in [0.3, 0.4) is 0 Å². The second-order valence-electron chi connectivity index (χ2n) is 5.07. The van der Waals surface area contributed by atoms with Crippen LogP contribution in [-0.4, -0.2) is 41.1 Å². The van der Waals surface area contributed by atoms with Crippen molar-refractivity contribution in [3.8, 4) is 0 Å². The van der Waals surface area contributed by atoms with E-state index in [2.05, 4.69) is 46.4 Å². The van der Waals surface area contributed by atoms with Gasteiger partial charge in [-0.3, -0.25) is 0 Å². The summed E-state index contributed by atoms with van der Waals surface area (Å²) in [7, 11) is 3.83. The summed E-state index contributed by atoms with van der Waals surface area (Å²) in [5, 5.41) is 6.45.